The lowest BCUT2D eigenvalue weighted by Crippen LogP contribution is -2.40. The molecule has 1 atom stereocenters. The number of rotatable bonds is 7. The molecule has 1 aromatic rings. The molecule has 1 aromatic heterocycles. The largest absolute Gasteiger partial charge is 0.465 e. The summed E-state index contributed by atoms with van der Waals surface area (Å²) in [5.74, 6) is 1.11. The Kier molecular flexibility index (Phi) is 9.16. The smallest absolute Gasteiger partial charge is 0.341 e. The van der Waals surface area contributed by atoms with Gasteiger partial charge < -0.3 is 20.2 Å². The van der Waals surface area contributed by atoms with Crippen LogP contribution in [0.15, 0.2) is 10.5 Å². The average Bonchev–Trinajstić information content (AvgIpc) is 2.82. The standard InChI is InChI=1S/C13H20N2O4S.ClH/c1-8-10(13(17)18-2)6-9(19-8)7-15-12(16)11(14)4-5-20-3;/h6,11H,4-5,7,14H2,1-3H3,(H,15,16);1H/t11-;/m0./s1. The second kappa shape index (κ2) is 9.70. The number of esters is 1. The maximum absolute atomic E-state index is 11.7. The van der Waals surface area contributed by atoms with Gasteiger partial charge >= 0.3 is 5.97 Å². The van der Waals surface area contributed by atoms with Crippen LogP contribution in [0.25, 0.3) is 0 Å². The monoisotopic (exact) mass is 336 g/mol. The molecule has 3 N–H and O–H groups in total. The van der Waals surface area contributed by atoms with Gasteiger partial charge in [0.2, 0.25) is 5.91 Å². The zero-order valence-corrected chi connectivity index (χ0v) is 13.9. The summed E-state index contributed by atoms with van der Waals surface area (Å²) in [6, 6.07) is 1.04. The van der Waals surface area contributed by atoms with E-state index in [0.29, 0.717) is 23.5 Å². The second-order valence-corrected chi connectivity index (χ2v) is 5.27. The summed E-state index contributed by atoms with van der Waals surface area (Å²) >= 11 is 1.64. The summed E-state index contributed by atoms with van der Waals surface area (Å²) in [4.78, 5) is 23.1. The number of aryl methyl sites for hydroxylation is 1. The summed E-state index contributed by atoms with van der Waals surface area (Å²) in [7, 11) is 1.31. The van der Waals surface area contributed by atoms with Gasteiger partial charge in [-0.1, -0.05) is 0 Å². The highest BCUT2D eigenvalue weighted by Crippen LogP contribution is 2.15. The van der Waals surface area contributed by atoms with Crippen LogP contribution < -0.4 is 11.1 Å². The molecule has 0 spiro atoms. The maximum atomic E-state index is 11.7. The minimum Gasteiger partial charge on any atom is -0.465 e. The van der Waals surface area contributed by atoms with Gasteiger partial charge in [-0.2, -0.15) is 11.8 Å². The zero-order valence-electron chi connectivity index (χ0n) is 12.3. The average molecular weight is 337 g/mol. The van der Waals surface area contributed by atoms with Crippen LogP contribution in [0.3, 0.4) is 0 Å². The number of halogens is 1. The molecule has 21 heavy (non-hydrogen) atoms. The minimum atomic E-state index is -0.529. The van der Waals surface area contributed by atoms with Crippen molar-refractivity contribution in [1.82, 2.24) is 5.32 Å². The molecule has 1 heterocycles. The van der Waals surface area contributed by atoms with Gasteiger partial charge in [-0.05, 0) is 31.4 Å². The molecule has 8 heteroatoms. The van der Waals surface area contributed by atoms with Crippen molar-refractivity contribution in [2.45, 2.75) is 25.9 Å². The lowest BCUT2D eigenvalue weighted by molar-refractivity contribution is -0.122. The number of thioether (sulfide) groups is 1. The van der Waals surface area contributed by atoms with Gasteiger partial charge in [0.25, 0.3) is 0 Å². The van der Waals surface area contributed by atoms with Crippen LogP contribution in [0.1, 0.15) is 28.3 Å². The molecular weight excluding hydrogens is 316 g/mol. The number of carbonyl (C=O) groups is 2. The number of hydrogen-bond donors (Lipinski definition) is 2. The predicted octanol–water partition coefficient (Wildman–Crippen LogP) is 1.49. The molecule has 0 aromatic carbocycles. The molecule has 6 nitrogen and oxygen atoms in total. The quantitative estimate of drug-likeness (QED) is 0.733. The summed E-state index contributed by atoms with van der Waals surface area (Å²) in [5.41, 5.74) is 6.11. The fourth-order valence-electron chi connectivity index (χ4n) is 1.62. The number of nitrogens with two attached hydrogens (primary N) is 1. The van der Waals surface area contributed by atoms with E-state index < -0.39 is 12.0 Å². The second-order valence-electron chi connectivity index (χ2n) is 4.28. The van der Waals surface area contributed by atoms with Gasteiger partial charge in [-0.3, -0.25) is 4.79 Å². The fourth-order valence-corrected chi connectivity index (χ4v) is 2.11. The third-order valence-corrected chi connectivity index (χ3v) is 3.42. The van der Waals surface area contributed by atoms with Crippen LogP contribution in [0, 0.1) is 6.92 Å². The number of ether oxygens (including phenoxy) is 1. The van der Waals surface area contributed by atoms with Gasteiger partial charge in [-0.15, -0.1) is 12.4 Å². The van der Waals surface area contributed by atoms with Crippen molar-refractivity contribution in [3.63, 3.8) is 0 Å². The Morgan fingerprint density at radius 2 is 2.19 bits per heavy atom. The van der Waals surface area contributed by atoms with E-state index >= 15 is 0 Å². The first-order valence-corrected chi connectivity index (χ1v) is 7.58. The molecule has 1 amide bonds. The molecule has 0 aliphatic rings. The van der Waals surface area contributed by atoms with Crippen LogP contribution in [0.4, 0.5) is 0 Å². The van der Waals surface area contributed by atoms with Gasteiger partial charge in [0, 0.05) is 0 Å². The summed E-state index contributed by atoms with van der Waals surface area (Å²) in [5, 5.41) is 2.69. The third kappa shape index (κ3) is 5.99. The van der Waals surface area contributed by atoms with Crippen LogP contribution in [-0.2, 0) is 16.1 Å². The SMILES string of the molecule is COC(=O)c1cc(CNC(=O)[C@@H](N)CCSC)oc1C.Cl. The Morgan fingerprint density at radius 3 is 2.76 bits per heavy atom. The highest BCUT2D eigenvalue weighted by molar-refractivity contribution is 7.98. The first kappa shape index (κ1) is 19.8. The maximum Gasteiger partial charge on any atom is 0.341 e. The van der Waals surface area contributed by atoms with Crippen molar-refractivity contribution in [3.8, 4) is 0 Å². The van der Waals surface area contributed by atoms with E-state index in [2.05, 4.69) is 10.1 Å². The van der Waals surface area contributed by atoms with E-state index in [-0.39, 0.29) is 24.9 Å². The third-order valence-electron chi connectivity index (χ3n) is 2.78. The Bertz CT molecular complexity index is 479. The molecule has 120 valence electrons. The number of furan rings is 1. The Balaban J connectivity index is 0.00000400. The van der Waals surface area contributed by atoms with E-state index in [1.807, 2.05) is 6.26 Å². The lowest BCUT2D eigenvalue weighted by Gasteiger charge is -2.10. The van der Waals surface area contributed by atoms with Gasteiger partial charge in [0.1, 0.15) is 17.1 Å². The fraction of sp³-hybridized carbons (Fsp3) is 0.538. The van der Waals surface area contributed by atoms with Crippen molar-refractivity contribution in [2.75, 3.05) is 19.1 Å². The van der Waals surface area contributed by atoms with E-state index in [1.54, 1.807) is 24.8 Å². The summed E-state index contributed by atoms with van der Waals surface area (Å²) in [6.07, 6.45) is 2.59. The molecule has 0 radical (unpaired) electrons. The minimum absolute atomic E-state index is 0. The molecule has 0 saturated carbocycles. The Morgan fingerprint density at radius 1 is 1.52 bits per heavy atom. The Labute approximate surface area is 134 Å². The topological polar surface area (TPSA) is 94.6 Å². The number of nitrogens with one attached hydrogen (secondary N) is 1. The molecule has 0 fully saturated rings. The summed E-state index contributed by atoms with van der Waals surface area (Å²) < 4.78 is 10.0. The van der Waals surface area contributed by atoms with E-state index in [0.717, 1.165) is 5.75 Å². The Hall–Kier alpha value is -1.18. The predicted molar refractivity (Wildman–Crippen MR) is 84.9 cm³/mol. The van der Waals surface area contributed by atoms with Crippen molar-refractivity contribution in [3.05, 3.63) is 23.2 Å². The highest BCUT2D eigenvalue weighted by atomic mass is 35.5. The highest BCUT2D eigenvalue weighted by Gasteiger charge is 2.17. The van der Waals surface area contributed by atoms with E-state index in [4.69, 9.17) is 10.2 Å². The molecule has 0 aliphatic heterocycles. The first-order valence-electron chi connectivity index (χ1n) is 6.19. The van der Waals surface area contributed by atoms with Gasteiger partial charge in [0.05, 0.1) is 19.7 Å². The number of methoxy groups -OCH3 is 1. The van der Waals surface area contributed by atoms with Crippen LogP contribution in [0.2, 0.25) is 0 Å². The molecular formula is C13H21ClN2O4S. The van der Waals surface area contributed by atoms with Crippen molar-refractivity contribution < 1.29 is 18.7 Å². The van der Waals surface area contributed by atoms with Crippen molar-refractivity contribution in [1.29, 1.82) is 0 Å². The van der Waals surface area contributed by atoms with Crippen molar-refractivity contribution in [2.24, 2.45) is 5.73 Å². The number of carbonyl (C=O) groups excluding carboxylic acids is 2. The van der Waals surface area contributed by atoms with Crippen LogP contribution >= 0.6 is 24.2 Å². The van der Waals surface area contributed by atoms with E-state index in [9.17, 15) is 9.59 Å². The number of amides is 1. The summed E-state index contributed by atoms with van der Waals surface area (Å²) in [6.45, 7) is 1.87. The van der Waals surface area contributed by atoms with Crippen LogP contribution in [-0.4, -0.2) is 37.0 Å². The molecule has 0 saturated heterocycles. The molecule has 0 bridgehead atoms. The first-order chi connectivity index (χ1) is 9.49. The number of hydrogen-bond acceptors (Lipinski definition) is 6. The van der Waals surface area contributed by atoms with E-state index in [1.165, 1.54) is 7.11 Å². The van der Waals surface area contributed by atoms with Crippen molar-refractivity contribution >= 4 is 36.0 Å². The molecule has 0 unspecified atom stereocenters. The lowest BCUT2D eigenvalue weighted by atomic mass is 10.2. The zero-order chi connectivity index (χ0) is 15.1. The van der Waals surface area contributed by atoms with Gasteiger partial charge in [-0.25, -0.2) is 4.79 Å². The van der Waals surface area contributed by atoms with Gasteiger partial charge in [0.15, 0.2) is 0 Å². The molecule has 0 aliphatic carbocycles. The normalized spacial score (nSPS) is 11.4. The van der Waals surface area contributed by atoms with Crippen LogP contribution in [0.5, 0.6) is 0 Å². The molecule has 1 rings (SSSR count).